The van der Waals surface area contributed by atoms with E-state index in [1.165, 1.54) is 12.1 Å². The molecule has 1 aromatic carbocycles. The van der Waals surface area contributed by atoms with Crippen molar-refractivity contribution >= 4 is 36.8 Å². The van der Waals surface area contributed by atoms with Crippen LogP contribution in [0.25, 0.3) is 0 Å². The van der Waals surface area contributed by atoms with Gasteiger partial charge in [-0.3, -0.25) is 0 Å². The average molecular weight is 407 g/mol. The Hall–Kier alpha value is 0.220. The second-order valence-electron chi connectivity index (χ2n) is 4.67. The van der Waals surface area contributed by atoms with Crippen LogP contribution in [0.3, 0.4) is 0 Å². The Morgan fingerprint density at radius 1 is 1.38 bits per heavy atom. The molecule has 0 radical (unpaired) electrons. The molecule has 0 aliphatic rings. The molecular formula is C14H18Cl2NaO6P. The maximum Gasteiger partial charge on any atom is 1.00 e. The topological polar surface area (TPSA) is 84.9 Å². The Balaban J connectivity index is 0.00000529. The van der Waals surface area contributed by atoms with Gasteiger partial charge in [0.1, 0.15) is 5.75 Å². The van der Waals surface area contributed by atoms with Gasteiger partial charge in [-0.1, -0.05) is 36.5 Å². The van der Waals surface area contributed by atoms with Crippen LogP contribution in [0.15, 0.2) is 18.2 Å². The molecule has 0 spiro atoms. The Bertz CT molecular complexity index is 586. The summed E-state index contributed by atoms with van der Waals surface area (Å²) in [7, 11) is -3.24. The summed E-state index contributed by atoms with van der Waals surface area (Å²) in [6.45, 7) is 1.42. The van der Waals surface area contributed by atoms with Gasteiger partial charge >= 0.3 is 35.5 Å². The van der Waals surface area contributed by atoms with Gasteiger partial charge in [0.15, 0.2) is 20.0 Å². The van der Waals surface area contributed by atoms with Gasteiger partial charge < -0.3 is 23.5 Å². The van der Waals surface area contributed by atoms with Crippen LogP contribution in [-0.2, 0) is 18.6 Å². The zero-order chi connectivity index (χ0) is 17.5. The molecular weight excluding hydrogens is 389 g/mol. The van der Waals surface area contributed by atoms with Crippen molar-refractivity contribution in [3.63, 3.8) is 0 Å². The molecule has 0 N–H and O–H groups in total. The van der Waals surface area contributed by atoms with Gasteiger partial charge in [-0.05, 0) is 31.0 Å². The van der Waals surface area contributed by atoms with Crippen LogP contribution in [-0.4, -0.2) is 25.5 Å². The summed E-state index contributed by atoms with van der Waals surface area (Å²) in [6, 6.07) is 4.51. The van der Waals surface area contributed by atoms with Crippen molar-refractivity contribution in [1.29, 1.82) is 0 Å². The van der Waals surface area contributed by atoms with E-state index in [1.54, 1.807) is 6.07 Å². The summed E-state index contributed by atoms with van der Waals surface area (Å²) in [4.78, 5) is 23.6. The van der Waals surface area contributed by atoms with Crippen molar-refractivity contribution in [1.82, 2.24) is 0 Å². The second kappa shape index (κ2) is 11.8. The van der Waals surface area contributed by atoms with Crippen LogP contribution < -0.4 is 39.2 Å². The van der Waals surface area contributed by atoms with Gasteiger partial charge in [0.05, 0.1) is 5.02 Å². The van der Waals surface area contributed by atoms with E-state index in [9.17, 15) is 14.3 Å². The summed E-state index contributed by atoms with van der Waals surface area (Å²) >= 11 is 11.7. The number of unbranched alkanes of at least 4 members (excludes halogenated alkanes) is 1. The molecule has 0 aliphatic heterocycles. The summed E-state index contributed by atoms with van der Waals surface area (Å²) in [5, 5.41) is 0.663. The summed E-state index contributed by atoms with van der Waals surface area (Å²) in [6.07, 6.45) is 1.50. The Labute approximate surface area is 173 Å². The molecule has 10 heteroatoms. The monoisotopic (exact) mass is 406 g/mol. The number of benzene rings is 1. The van der Waals surface area contributed by atoms with Crippen LogP contribution in [0, 0.1) is 0 Å². The Morgan fingerprint density at radius 3 is 2.58 bits per heavy atom. The number of halogens is 2. The van der Waals surface area contributed by atoms with Crippen molar-refractivity contribution in [2.75, 3.05) is 13.7 Å². The van der Waals surface area contributed by atoms with Gasteiger partial charge in [0.2, 0.25) is 0 Å². The molecule has 1 rings (SSSR count). The van der Waals surface area contributed by atoms with Crippen molar-refractivity contribution in [2.24, 2.45) is 0 Å². The molecule has 24 heavy (non-hydrogen) atoms. The molecule has 0 bridgehead atoms. The van der Waals surface area contributed by atoms with Crippen LogP contribution in [0.2, 0.25) is 10.0 Å². The summed E-state index contributed by atoms with van der Waals surface area (Å²) in [5.74, 6) is -1.91. The molecule has 130 valence electrons. The molecule has 0 heterocycles. The first-order valence-corrected chi connectivity index (χ1v) is 9.30. The number of carbonyl (C=O) groups is 1. The predicted molar refractivity (Wildman–Crippen MR) is 86.0 cm³/mol. The minimum absolute atomic E-state index is 0. The van der Waals surface area contributed by atoms with E-state index in [4.69, 9.17) is 32.7 Å². The second-order valence-corrected chi connectivity index (χ2v) is 7.54. The normalized spacial score (nSPS) is 14.2. The Kier molecular flexibility index (Phi) is 11.9. The van der Waals surface area contributed by atoms with Crippen LogP contribution in [0.5, 0.6) is 5.75 Å². The maximum absolute atomic E-state index is 11.8. The third kappa shape index (κ3) is 8.07. The molecule has 1 aromatic rings. The first-order chi connectivity index (χ1) is 10.8. The van der Waals surface area contributed by atoms with E-state index in [2.05, 4.69) is 4.52 Å². The van der Waals surface area contributed by atoms with Gasteiger partial charge in [-0.15, -0.1) is 0 Å². The predicted octanol–water partition coefficient (Wildman–Crippen LogP) is 0.636. The zero-order valence-electron chi connectivity index (χ0n) is 13.8. The largest absolute Gasteiger partial charge is 1.00 e. The van der Waals surface area contributed by atoms with E-state index in [-0.39, 0.29) is 46.8 Å². The molecule has 6 nitrogen and oxygen atoms in total. The molecule has 0 saturated carbocycles. The maximum atomic E-state index is 11.8. The molecule has 0 fully saturated rings. The van der Waals surface area contributed by atoms with Gasteiger partial charge in [0, 0.05) is 12.1 Å². The van der Waals surface area contributed by atoms with Crippen molar-refractivity contribution in [3.8, 4) is 5.75 Å². The molecule has 2 unspecified atom stereocenters. The Morgan fingerprint density at radius 2 is 2.04 bits per heavy atom. The van der Waals surface area contributed by atoms with Crippen molar-refractivity contribution in [2.45, 2.75) is 32.0 Å². The smallest absolute Gasteiger partial charge is 0.776 e. The summed E-state index contributed by atoms with van der Waals surface area (Å²) in [5.41, 5.74) is 0. The van der Waals surface area contributed by atoms with E-state index < -0.39 is 26.0 Å². The minimum Gasteiger partial charge on any atom is -0.776 e. The third-order valence-electron chi connectivity index (χ3n) is 2.92. The zero-order valence-corrected chi connectivity index (χ0v) is 18.2. The molecule has 2 atom stereocenters. The van der Waals surface area contributed by atoms with Crippen molar-refractivity contribution < 1.29 is 57.8 Å². The molecule has 0 saturated heterocycles. The number of carbonyl (C=O) groups excluding carboxylic acids is 1. The number of rotatable bonds is 9. The van der Waals surface area contributed by atoms with Gasteiger partial charge in [-0.2, -0.15) is 0 Å². The van der Waals surface area contributed by atoms with Crippen LogP contribution >= 0.6 is 30.8 Å². The van der Waals surface area contributed by atoms with Crippen LogP contribution in [0.4, 0.5) is 0 Å². The fraction of sp³-hybridized carbons (Fsp3) is 0.500. The van der Waals surface area contributed by atoms with E-state index >= 15 is 0 Å². The van der Waals surface area contributed by atoms with E-state index in [0.29, 0.717) is 11.4 Å². The quantitative estimate of drug-likeness (QED) is 0.339. The average Bonchev–Trinajstić information content (AvgIpc) is 2.50. The molecule has 0 amide bonds. The third-order valence-corrected chi connectivity index (χ3v) is 5.03. The standard InChI is InChI=1S/C14H19Cl2O6P.Na/c1-3-4-5-14(23(18,19)20-2)22-13(17)9-21-12-7-6-10(15)8-11(12)16;/h6-8,14H,3-5,9H2,1-2H3,(H,18,19);/q;+1/p-1. The van der Waals surface area contributed by atoms with Crippen molar-refractivity contribution in [3.05, 3.63) is 28.2 Å². The first-order valence-electron chi connectivity index (χ1n) is 6.94. The van der Waals surface area contributed by atoms with Gasteiger partial charge in [0.25, 0.3) is 0 Å². The van der Waals surface area contributed by atoms with Crippen LogP contribution in [0.1, 0.15) is 26.2 Å². The molecule has 0 aliphatic carbocycles. The number of ether oxygens (including phenoxy) is 2. The van der Waals surface area contributed by atoms with E-state index in [0.717, 1.165) is 13.5 Å². The summed E-state index contributed by atoms with van der Waals surface area (Å²) < 4.78 is 26.4. The SMILES string of the molecule is CCCCC(OC(=O)COc1ccc(Cl)cc1Cl)P(=O)([O-])OC.[Na+]. The fourth-order valence-electron chi connectivity index (χ4n) is 1.69. The number of esters is 1. The molecule has 0 aromatic heterocycles. The number of hydrogen-bond acceptors (Lipinski definition) is 6. The van der Waals surface area contributed by atoms with Gasteiger partial charge in [-0.25, -0.2) is 4.79 Å². The number of hydrogen-bond donors (Lipinski definition) is 0. The fourth-order valence-corrected chi connectivity index (χ4v) is 3.14. The van der Waals surface area contributed by atoms with E-state index in [1.807, 2.05) is 6.92 Å². The first kappa shape index (κ1) is 24.2. The minimum atomic E-state index is -4.27.